The Kier molecular flexibility index (Phi) is 4.65. The Morgan fingerprint density at radius 2 is 2.04 bits per heavy atom. The number of piperidine rings is 1. The number of likely N-dealkylation sites (tertiary alicyclic amines) is 1. The summed E-state index contributed by atoms with van der Waals surface area (Å²) in [6.45, 7) is 2.25. The van der Waals surface area contributed by atoms with E-state index in [9.17, 15) is 4.79 Å². The molecule has 0 unspecified atom stereocenters. The molecule has 0 saturated carbocycles. The average molecular weight is 367 g/mol. The molecule has 2 aromatic heterocycles. The van der Waals surface area contributed by atoms with Gasteiger partial charge in [0.15, 0.2) is 0 Å². The third-order valence-corrected chi connectivity index (χ3v) is 5.27. The van der Waals surface area contributed by atoms with Crippen LogP contribution in [0, 0.1) is 0 Å². The van der Waals surface area contributed by atoms with E-state index in [1.807, 2.05) is 44.2 Å². The minimum Gasteiger partial charge on any atom is -0.345 e. The predicted molar refractivity (Wildman–Crippen MR) is 102 cm³/mol. The molecule has 0 radical (unpaired) electrons. The van der Waals surface area contributed by atoms with Gasteiger partial charge in [-0.3, -0.25) is 4.79 Å². The molecule has 1 aromatic carbocycles. The maximum absolute atomic E-state index is 12.9. The zero-order valence-electron chi connectivity index (χ0n) is 16.0. The van der Waals surface area contributed by atoms with Crippen LogP contribution in [0.2, 0.25) is 0 Å². The van der Waals surface area contributed by atoms with E-state index in [-0.39, 0.29) is 5.91 Å². The molecule has 142 valence electrons. The van der Waals surface area contributed by atoms with Gasteiger partial charge < -0.3 is 19.4 Å². The summed E-state index contributed by atoms with van der Waals surface area (Å²) in [5.74, 6) is 2.42. The molecule has 3 heterocycles. The van der Waals surface area contributed by atoms with Crippen molar-refractivity contribution in [2.75, 3.05) is 27.2 Å². The van der Waals surface area contributed by atoms with Crippen molar-refractivity contribution in [1.29, 1.82) is 0 Å². The minimum absolute atomic E-state index is 0.0798. The first-order chi connectivity index (χ1) is 13.0. The molecule has 0 spiro atoms. The van der Waals surface area contributed by atoms with E-state index >= 15 is 0 Å². The molecule has 1 saturated heterocycles. The van der Waals surface area contributed by atoms with E-state index in [2.05, 4.69) is 29.6 Å². The number of hydrogen-bond acceptors (Lipinski definition) is 5. The van der Waals surface area contributed by atoms with E-state index in [4.69, 9.17) is 0 Å². The van der Waals surface area contributed by atoms with Crippen LogP contribution in [0.5, 0.6) is 0 Å². The van der Waals surface area contributed by atoms with Crippen LogP contribution in [-0.4, -0.2) is 67.6 Å². The summed E-state index contributed by atoms with van der Waals surface area (Å²) in [5, 5.41) is 8.76. The molecule has 8 nitrogen and oxygen atoms in total. The lowest BCUT2D eigenvalue weighted by atomic mass is 9.95. The largest absolute Gasteiger partial charge is 0.345 e. The first-order valence-corrected chi connectivity index (χ1v) is 9.28. The van der Waals surface area contributed by atoms with Crippen LogP contribution < -0.4 is 0 Å². The molecule has 1 fully saturated rings. The maximum Gasteiger partial charge on any atom is 0.253 e. The highest BCUT2D eigenvalue weighted by atomic mass is 16.2. The van der Waals surface area contributed by atoms with Crippen LogP contribution in [0.1, 0.15) is 40.8 Å². The fourth-order valence-corrected chi connectivity index (χ4v) is 3.74. The van der Waals surface area contributed by atoms with Crippen LogP contribution >= 0.6 is 0 Å². The summed E-state index contributed by atoms with van der Waals surface area (Å²) in [5.41, 5.74) is 2.47. The predicted octanol–water partition coefficient (Wildman–Crippen LogP) is 1.77. The molecule has 1 aliphatic heterocycles. The summed E-state index contributed by atoms with van der Waals surface area (Å²) in [7, 11) is 6.09. The minimum atomic E-state index is 0.0798. The monoisotopic (exact) mass is 367 g/mol. The number of amides is 1. The Labute approximate surface area is 158 Å². The summed E-state index contributed by atoms with van der Waals surface area (Å²) >= 11 is 0. The topological polar surface area (TPSA) is 82.9 Å². The van der Waals surface area contributed by atoms with Gasteiger partial charge in [-0.05, 0) is 45.1 Å². The molecular formula is C19H25N7O. The van der Waals surface area contributed by atoms with Crippen LogP contribution in [-0.2, 0) is 13.6 Å². The molecule has 0 atom stereocenters. The van der Waals surface area contributed by atoms with Gasteiger partial charge in [0.1, 0.15) is 11.6 Å². The van der Waals surface area contributed by atoms with E-state index in [1.165, 1.54) is 0 Å². The molecule has 8 heteroatoms. The molecule has 0 aliphatic carbocycles. The number of nitrogens with one attached hydrogen (secondary N) is 1. The fourth-order valence-electron chi connectivity index (χ4n) is 3.74. The van der Waals surface area contributed by atoms with Crippen molar-refractivity contribution in [2.45, 2.75) is 25.3 Å². The second-order valence-electron chi connectivity index (χ2n) is 7.47. The standard InChI is InChI=1S/C19H25N7O/c1-24(2)11-17-22-23-18(25(17)3)13-6-8-26(9-7-13)19(27)14-4-5-15-16(10-14)21-12-20-15/h4-5,10,12-13H,6-9,11H2,1-3H3,(H,20,21). The summed E-state index contributed by atoms with van der Waals surface area (Å²) in [6, 6.07) is 5.62. The van der Waals surface area contributed by atoms with Crippen LogP contribution in [0.25, 0.3) is 11.0 Å². The lowest BCUT2D eigenvalue weighted by Crippen LogP contribution is -2.38. The number of benzene rings is 1. The summed E-state index contributed by atoms with van der Waals surface area (Å²) < 4.78 is 2.11. The lowest BCUT2D eigenvalue weighted by Gasteiger charge is -2.31. The molecule has 1 amide bonds. The lowest BCUT2D eigenvalue weighted by molar-refractivity contribution is 0.0710. The van der Waals surface area contributed by atoms with Gasteiger partial charge in [-0.25, -0.2) is 4.98 Å². The maximum atomic E-state index is 12.9. The average Bonchev–Trinajstić information content (AvgIpc) is 3.27. The Morgan fingerprint density at radius 1 is 1.26 bits per heavy atom. The van der Waals surface area contributed by atoms with Crippen molar-refractivity contribution in [1.82, 2.24) is 34.5 Å². The van der Waals surface area contributed by atoms with Crippen molar-refractivity contribution < 1.29 is 4.79 Å². The molecule has 3 aromatic rings. The van der Waals surface area contributed by atoms with E-state index < -0.39 is 0 Å². The normalized spacial score (nSPS) is 15.8. The molecule has 1 N–H and O–H groups in total. The van der Waals surface area contributed by atoms with Gasteiger partial charge in [-0.2, -0.15) is 0 Å². The van der Waals surface area contributed by atoms with Gasteiger partial charge in [0, 0.05) is 31.6 Å². The highest BCUT2D eigenvalue weighted by Gasteiger charge is 2.28. The Bertz CT molecular complexity index is 950. The van der Waals surface area contributed by atoms with Crippen molar-refractivity contribution in [3.63, 3.8) is 0 Å². The Balaban J connectivity index is 1.42. The third-order valence-electron chi connectivity index (χ3n) is 5.27. The zero-order valence-corrected chi connectivity index (χ0v) is 16.0. The van der Waals surface area contributed by atoms with Crippen molar-refractivity contribution in [2.24, 2.45) is 7.05 Å². The number of aromatic amines is 1. The van der Waals surface area contributed by atoms with Gasteiger partial charge >= 0.3 is 0 Å². The number of imidazole rings is 1. The number of rotatable bonds is 4. The highest BCUT2D eigenvalue weighted by molar-refractivity contribution is 5.97. The van der Waals surface area contributed by atoms with Crippen molar-refractivity contribution in [3.8, 4) is 0 Å². The Morgan fingerprint density at radius 3 is 2.78 bits per heavy atom. The van der Waals surface area contributed by atoms with Gasteiger partial charge in [0.25, 0.3) is 5.91 Å². The number of carbonyl (C=O) groups excluding carboxylic acids is 1. The van der Waals surface area contributed by atoms with Crippen molar-refractivity contribution >= 4 is 16.9 Å². The van der Waals surface area contributed by atoms with Crippen LogP contribution in [0.3, 0.4) is 0 Å². The first-order valence-electron chi connectivity index (χ1n) is 9.28. The molecule has 4 rings (SSSR count). The fraction of sp³-hybridized carbons (Fsp3) is 0.474. The number of H-pyrrole nitrogens is 1. The third kappa shape index (κ3) is 3.44. The number of aromatic nitrogens is 5. The molecule has 1 aliphatic rings. The number of nitrogens with zero attached hydrogens (tertiary/aromatic N) is 6. The van der Waals surface area contributed by atoms with E-state index in [0.29, 0.717) is 11.5 Å². The quantitative estimate of drug-likeness (QED) is 0.760. The molecule has 0 bridgehead atoms. The summed E-state index contributed by atoms with van der Waals surface area (Å²) in [4.78, 5) is 24.1. The Hall–Kier alpha value is -2.74. The van der Waals surface area contributed by atoms with Gasteiger partial charge in [0.2, 0.25) is 0 Å². The number of hydrogen-bond donors (Lipinski definition) is 1. The summed E-state index contributed by atoms with van der Waals surface area (Å²) in [6.07, 6.45) is 3.47. The van der Waals surface area contributed by atoms with Gasteiger partial charge in [-0.1, -0.05) is 0 Å². The van der Waals surface area contributed by atoms with Gasteiger partial charge in [0.05, 0.1) is 23.9 Å². The number of fused-ring (bicyclic) bond motifs is 1. The second kappa shape index (κ2) is 7.11. The van der Waals surface area contributed by atoms with Crippen molar-refractivity contribution in [3.05, 3.63) is 41.7 Å². The van der Waals surface area contributed by atoms with Crippen LogP contribution in [0.4, 0.5) is 0 Å². The van der Waals surface area contributed by atoms with Crippen LogP contribution in [0.15, 0.2) is 24.5 Å². The van der Waals surface area contributed by atoms with E-state index in [1.54, 1.807) is 6.33 Å². The first kappa shape index (κ1) is 17.7. The molecular weight excluding hydrogens is 342 g/mol. The molecule has 27 heavy (non-hydrogen) atoms. The zero-order chi connectivity index (χ0) is 19.0. The second-order valence-corrected chi connectivity index (χ2v) is 7.47. The smallest absolute Gasteiger partial charge is 0.253 e. The van der Waals surface area contributed by atoms with E-state index in [0.717, 1.165) is 55.2 Å². The SMILES string of the molecule is CN(C)Cc1nnc(C2CCN(C(=O)c3ccc4nc[nH]c4c3)CC2)n1C. The highest BCUT2D eigenvalue weighted by Crippen LogP contribution is 2.28. The van der Waals surface area contributed by atoms with Gasteiger partial charge in [-0.15, -0.1) is 10.2 Å². The number of carbonyl (C=O) groups is 1.